The summed E-state index contributed by atoms with van der Waals surface area (Å²) >= 11 is 5.83. The van der Waals surface area contributed by atoms with Crippen molar-refractivity contribution in [2.45, 2.75) is 0 Å². The molecule has 0 atom stereocenters. The molecular formula is C12H8ClN3O. The molecule has 0 amide bonds. The van der Waals surface area contributed by atoms with Crippen molar-refractivity contribution in [3.63, 3.8) is 0 Å². The van der Waals surface area contributed by atoms with Crippen molar-refractivity contribution in [2.75, 3.05) is 0 Å². The molecule has 0 spiro atoms. The molecule has 4 nitrogen and oxygen atoms in total. The van der Waals surface area contributed by atoms with Crippen molar-refractivity contribution in [3.8, 4) is 17.1 Å². The van der Waals surface area contributed by atoms with Gasteiger partial charge in [-0.1, -0.05) is 11.6 Å². The summed E-state index contributed by atoms with van der Waals surface area (Å²) in [5, 5.41) is 18.3. The minimum absolute atomic E-state index is 0.111. The number of benzene rings is 1. The largest absolute Gasteiger partial charge is 0.504 e. The second-order valence-corrected chi connectivity index (χ2v) is 4.05. The molecule has 17 heavy (non-hydrogen) atoms. The summed E-state index contributed by atoms with van der Waals surface area (Å²) in [5.74, 6) is 0.785. The molecule has 0 aliphatic carbocycles. The van der Waals surface area contributed by atoms with Crippen LogP contribution in [0.4, 0.5) is 0 Å². The van der Waals surface area contributed by atoms with Crippen molar-refractivity contribution in [1.29, 1.82) is 0 Å². The molecule has 0 saturated carbocycles. The Labute approximate surface area is 102 Å². The van der Waals surface area contributed by atoms with Gasteiger partial charge in [0.15, 0.2) is 11.6 Å². The molecule has 2 heterocycles. The van der Waals surface area contributed by atoms with E-state index in [1.807, 2.05) is 12.1 Å². The summed E-state index contributed by atoms with van der Waals surface area (Å²) in [4.78, 5) is 0. The van der Waals surface area contributed by atoms with Crippen molar-refractivity contribution in [1.82, 2.24) is 14.6 Å². The van der Waals surface area contributed by atoms with Crippen LogP contribution in [0, 0.1) is 0 Å². The first kappa shape index (κ1) is 10.1. The summed E-state index contributed by atoms with van der Waals surface area (Å²) in [7, 11) is 0. The molecule has 3 rings (SSSR count). The van der Waals surface area contributed by atoms with E-state index < -0.39 is 0 Å². The zero-order chi connectivity index (χ0) is 11.8. The van der Waals surface area contributed by atoms with Crippen molar-refractivity contribution < 1.29 is 5.11 Å². The minimum Gasteiger partial charge on any atom is -0.504 e. The Bertz CT molecular complexity index is 676. The van der Waals surface area contributed by atoms with Gasteiger partial charge in [-0.3, -0.25) is 4.40 Å². The number of pyridine rings is 1. The number of halogens is 1. The van der Waals surface area contributed by atoms with Gasteiger partial charge in [0.2, 0.25) is 5.65 Å². The number of hydrogen-bond donors (Lipinski definition) is 1. The van der Waals surface area contributed by atoms with Crippen LogP contribution >= 0.6 is 11.6 Å². The highest BCUT2D eigenvalue weighted by Gasteiger charge is 2.09. The van der Waals surface area contributed by atoms with Crippen LogP contribution < -0.4 is 0 Å². The molecule has 1 aromatic carbocycles. The van der Waals surface area contributed by atoms with Gasteiger partial charge in [0.1, 0.15) is 0 Å². The molecule has 5 heteroatoms. The average molecular weight is 246 g/mol. The standard InChI is InChI=1S/C12H8ClN3O/c13-9-5-3-8(4-6-9)11-14-15-12-10(17)2-1-7-16(11)12/h1-7,17H. The van der Waals surface area contributed by atoms with Crippen molar-refractivity contribution >= 4 is 17.2 Å². The maximum absolute atomic E-state index is 9.63. The van der Waals surface area contributed by atoms with E-state index in [1.54, 1.807) is 34.9 Å². The van der Waals surface area contributed by atoms with Crippen LogP contribution in [0.2, 0.25) is 5.02 Å². The second-order valence-electron chi connectivity index (χ2n) is 3.62. The summed E-state index contributed by atoms with van der Waals surface area (Å²) < 4.78 is 1.73. The fourth-order valence-electron chi connectivity index (χ4n) is 1.70. The van der Waals surface area contributed by atoms with E-state index in [9.17, 15) is 5.11 Å². The van der Waals surface area contributed by atoms with Gasteiger partial charge in [-0.05, 0) is 36.4 Å². The SMILES string of the molecule is Oc1cccn2c(-c3ccc(Cl)cc3)nnc12. The Morgan fingerprint density at radius 1 is 1.06 bits per heavy atom. The number of rotatable bonds is 1. The number of hydrogen-bond acceptors (Lipinski definition) is 3. The molecule has 2 aromatic heterocycles. The quantitative estimate of drug-likeness (QED) is 0.717. The molecule has 0 saturated heterocycles. The van der Waals surface area contributed by atoms with Crippen LogP contribution in [-0.2, 0) is 0 Å². The van der Waals surface area contributed by atoms with Crippen LogP contribution in [-0.4, -0.2) is 19.7 Å². The molecule has 0 aliphatic rings. The van der Waals surface area contributed by atoms with Crippen LogP contribution in [0.3, 0.4) is 0 Å². The highest BCUT2D eigenvalue weighted by Crippen LogP contribution is 2.23. The second kappa shape index (κ2) is 3.75. The average Bonchev–Trinajstić information content (AvgIpc) is 2.75. The topological polar surface area (TPSA) is 50.4 Å². The highest BCUT2D eigenvalue weighted by molar-refractivity contribution is 6.30. The summed E-state index contributed by atoms with van der Waals surface area (Å²) in [6, 6.07) is 10.6. The Hall–Kier alpha value is -2.07. The number of aromatic nitrogens is 3. The third kappa shape index (κ3) is 1.62. The van der Waals surface area contributed by atoms with Crippen molar-refractivity contribution in [3.05, 3.63) is 47.6 Å². The molecule has 0 unspecified atom stereocenters. The van der Waals surface area contributed by atoms with Gasteiger partial charge in [-0.25, -0.2) is 0 Å². The number of nitrogens with zero attached hydrogens (tertiary/aromatic N) is 3. The smallest absolute Gasteiger partial charge is 0.203 e. The normalized spacial score (nSPS) is 10.9. The lowest BCUT2D eigenvalue weighted by Crippen LogP contribution is -1.88. The van der Waals surface area contributed by atoms with Gasteiger partial charge < -0.3 is 5.11 Å². The van der Waals surface area contributed by atoms with Crippen LogP contribution in [0.25, 0.3) is 17.0 Å². The molecular weight excluding hydrogens is 238 g/mol. The first-order chi connectivity index (χ1) is 8.25. The molecule has 0 fully saturated rings. The number of aromatic hydroxyl groups is 1. The monoisotopic (exact) mass is 245 g/mol. The first-order valence-corrected chi connectivity index (χ1v) is 5.42. The molecule has 3 aromatic rings. The molecule has 0 aliphatic heterocycles. The third-order valence-corrected chi connectivity index (χ3v) is 2.77. The molecule has 0 bridgehead atoms. The Morgan fingerprint density at radius 2 is 1.82 bits per heavy atom. The zero-order valence-electron chi connectivity index (χ0n) is 8.71. The lowest BCUT2D eigenvalue weighted by Gasteiger charge is -2.00. The zero-order valence-corrected chi connectivity index (χ0v) is 9.46. The van der Waals surface area contributed by atoms with Gasteiger partial charge in [0.05, 0.1) is 0 Å². The third-order valence-electron chi connectivity index (χ3n) is 2.52. The maximum Gasteiger partial charge on any atom is 0.203 e. The fourth-order valence-corrected chi connectivity index (χ4v) is 1.82. The van der Waals surface area contributed by atoms with E-state index in [0.717, 1.165) is 5.56 Å². The predicted octanol–water partition coefficient (Wildman–Crippen LogP) is 2.76. The molecule has 0 radical (unpaired) electrons. The van der Waals surface area contributed by atoms with E-state index in [4.69, 9.17) is 11.6 Å². The Balaban J connectivity index is 2.24. The molecule has 1 N–H and O–H groups in total. The Morgan fingerprint density at radius 3 is 2.59 bits per heavy atom. The van der Waals surface area contributed by atoms with Gasteiger partial charge in [-0.2, -0.15) is 0 Å². The lowest BCUT2D eigenvalue weighted by atomic mass is 10.2. The maximum atomic E-state index is 9.63. The van der Waals surface area contributed by atoms with E-state index in [2.05, 4.69) is 10.2 Å². The molecule has 84 valence electrons. The number of fused-ring (bicyclic) bond motifs is 1. The highest BCUT2D eigenvalue weighted by atomic mass is 35.5. The van der Waals surface area contributed by atoms with Gasteiger partial charge in [0, 0.05) is 16.8 Å². The lowest BCUT2D eigenvalue weighted by molar-refractivity contribution is 0.477. The predicted molar refractivity (Wildman–Crippen MR) is 65.1 cm³/mol. The van der Waals surface area contributed by atoms with E-state index in [-0.39, 0.29) is 5.75 Å². The first-order valence-electron chi connectivity index (χ1n) is 5.04. The Kier molecular flexibility index (Phi) is 2.23. The van der Waals surface area contributed by atoms with Crippen LogP contribution in [0.5, 0.6) is 5.75 Å². The summed E-state index contributed by atoms with van der Waals surface area (Å²) in [6.07, 6.45) is 1.80. The summed E-state index contributed by atoms with van der Waals surface area (Å²) in [6.45, 7) is 0. The van der Waals surface area contributed by atoms with Gasteiger partial charge in [0.25, 0.3) is 0 Å². The summed E-state index contributed by atoms with van der Waals surface area (Å²) in [5.41, 5.74) is 1.34. The van der Waals surface area contributed by atoms with Crippen LogP contribution in [0.15, 0.2) is 42.6 Å². The fraction of sp³-hybridized carbons (Fsp3) is 0. The van der Waals surface area contributed by atoms with E-state index in [1.165, 1.54) is 0 Å². The van der Waals surface area contributed by atoms with Crippen LogP contribution in [0.1, 0.15) is 0 Å². The van der Waals surface area contributed by atoms with Crippen molar-refractivity contribution in [2.24, 2.45) is 0 Å². The van der Waals surface area contributed by atoms with E-state index in [0.29, 0.717) is 16.5 Å². The van der Waals surface area contributed by atoms with E-state index >= 15 is 0 Å². The van der Waals surface area contributed by atoms with Gasteiger partial charge in [-0.15, -0.1) is 10.2 Å². The van der Waals surface area contributed by atoms with Gasteiger partial charge >= 0.3 is 0 Å². The minimum atomic E-state index is 0.111.